The lowest BCUT2D eigenvalue weighted by Gasteiger charge is -2.13. The van der Waals surface area contributed by atoms with Gasteiger partial charge in [0.25, 0.3) is 5.91 Å². The molecule has 0 aromatic carbocycles. The third kappa shape index (κ3) is 2.31. The Hall–Kier alpha value is -1.60. The van der Waals surface area contributed by atoms with Crippen molar-refractivity contribution in [3.63, 3.8) is 0 Å². The Morgan fingerprint density at radius 2 is 2.25 bits per heavy atom. The molecular weight excluding hydrogens is 220 g/mol. The van der Waals surface area contributed by atoms with Crippen LogP contribution in [0.15, 0.2) is 23.1 Å². The van der Waals surface area contributed by atoms with Crippen molar-refractivity contribution < 1.29 is 4.79 Å². The summed E-state index contributed by atoms with van der Waals surface area (Å²) in [6, 6.07) is 5.80. The maximum Gasteiger partial charge on any atom is 0.264 e. The van der Waals surface area contributed by atoms with Gasteiger partial charge in [0.1, 0.15) is 11.6 Å². The standard InChI is InChI=1S/C12H12N2OS/c13-9-10(8-11-4-3-7-16-11)12(15)14-5-1-2-6-14/h3-4,7-8H,1-2,5-6H2/b10-8+. The van der Waals surface area contributed by atoms with Crippen molar-refractivity contribution in [2.24, 2.45) is 0 Å². The van der Waals surface area contributed by atoms with Crippen molar-refractivity contribution in [3.05, 3.63) is 28.0 Å². The van der Waals surface area contributed by atoms with Crippen LogP contribution in [0.5, 0.6) is 0 Å². The van der Waals surface area contributed by atoms with Gasteiger partial charge in [0.15, 0.2) is 0 Å². The van der Waals surface area contributed by atoms with Gasteiger partial charge < -0.3 is 4.90 Å². The number of nitrogens with zero attached hydrogens (tertiary/aromatic N) is 2. The second-order valence-corrected chi connectivity index (χ2v) is 4.66. The number of carbonyl (C=O) groups excluding carboxylic acids is 1. The Labute approximate surface area is 98.6 Å². The van der Waals surface area contributed by atoms with E-state index in [9.17, 15) is 4.79 Å². The number of carbonyl (C=O) groups is 1. The lowest BCUT2D eigenvalue weighted by atomic mass is 10.2. The van der Waals surface area contributed by atoms with Crippen molar-refractivity contribution in [2.45, 2.75) is 12.8 Å². The van der Waals surface area contributed by atoms with Gasteiger partial charge in [-0.3, -0.25) is 4.79 Å². The first-order valence-corrected chi connectivity index (χ1v) is 6.14. The molecule has 1 fully saturated rings. The van der Waals surface area contributed by atoms with E-state index in [0.29, 0.717) is 0 Å². The van der Waals surface area contributed by atoms with Crippen molar-refractivity contribution in [3.8, 4) is 6.07 Å². The van der Waals surface area contributed by atoms with E-state index in [1.807, 2.05) is 23.6 Å². The number of likely N-dealkylation sites (tertiary alicyclic amines) is 1. The molecule has 0 spiro atoms. The minimum atomic E-state index is -0.131. The zero-order valence-corrected chi connectivity index (χ0v) is 9.67. The van der Waals surface area contributed by atoms with E-state index in [0.717, 1.165) is 30.8 Å². The molecule has 2 heterocycles. The van der Waals surface area contributed by atoms with Crippen molar-refractivity contribution in [1.82, 2.24) is 4.90 Å². The van der Waals surface area contributed by atoms with E-state index in [4.69, 9.17) is 5.26 Å². The number of nitriles is 1. The Kier molecular flexibility index (Phi) is 3.37. The smallest absolute Gasteiger partial charge is 0.264 e. The first-order valence-electron chi connectivity index (χ1n) is 5.26. The first-order chi connectivity index (χ1) is 7.81. The zero-order chi connectivity index (χ0) is 11.4. The van der Waals surface area contributed by atoms with Gasteiger partial charge >= 0.3 is 0 Å². The monoisotopic (exact) mass is 232 g/mol. The summed E-state index contributed by atoms with van der Waals surface area (Å²) in [5.74, 6) is -0.131. The maximum absolute atomic E-state index is 11.9. The van der Waals surface area contributed by atoms with E-state index < -0.39 is 0 Å². The molecule has 0 N–H and O–H groups in total. The molecule has 0 bridgehead atoms. The summed E-state index contributed by atoms with van der Waals surface area (Å²) >= 11 is 1.53. The van der Waals surface area contributed by atoms with Crippen LogP contribution in [0, 0.1) is 11.3 Å². The van der Waals surface area contributed by atoms with Gasteiger partial charge in [0.05, 0.1) is 0 Å². The number of thiophene rings is 1. The van der Waals surface area contributed by atoms with Gasteiger partial charge in [0.2, 0.25) is 0 Å². The molecule has 2 rings (SSSR count). The fraction of sp³-hybridized carbons (Fsp3) is 0.333. The molecule has 0 saturated carbocycles. The molecular formula is C12H12N2OS. The number of amides is 1. The second kappa shape index (κ2) is 4.95. The fourth-order valence-electron chi connectivity index (χ4n) is 1.75. The predicted molar refractivity (Wildman–Crippen MR) is 63.7 cm³/mol. The predicted octanol–water partition coefficient (Wildman–Crippen LogP) is 2.28. The molecule has 1 aliphatic heterocycles. The topological polar surface area (TPSA) is 44.1 Å². The van der Waals surface area contributed by atoms with Crippen LogP contribution >= 0.6 is 11.3 Å². The molecule has 0 unspecified atom stereocenters. The highest BCUT2D eigenvalue weighted by Crippen LogP contribution is 2.16. The van der Waals surface area contributed by atoms with E-state index in [2.05, 4.69) is 0 Å². The first kappa shape index (κ1) is 10.9. The molecule has 82 valence electrons. The second-order valence-electron chi connectivity index (χ2n) is 3.68. The number of rotatable bonds is 2. The van der Waals surface area contributed by atoms with Crippen molar-refractivity contribution in [2.75, 3.05) is 13.1 Å². The highest BCUT2D eigenvalue weighted by atomic mass is 32.1. The largest absolute Gasteiger partial charge is 0.338 e. The minimum absolute atomic E-state index is 0.131. The SMILES string of the molecule is N#C/C(=C\c1cccs1)C(=O)N1CCCC1. The molecule has 1 saturated heterocycles. The van der Waals surface area contributed by atoms with Gasteiger partial charge in [0, 0.05) is 18.0 Å². The molecule has 1 aromatic rings. The Bertz CT molecular complexity index is 436. The summed E-state index contributed by atoms with van der Waals surface area (Å²) in [5, 5.41) is 10.9. The van der Waals surface area contributed by atoms with Crippen LogP contribution in [0.3, 0.4) is 0 Å². The average Bonchev–Trinajstić information content (AvgIpc) is 2.97. The molecule has 3 nitrogen and oxygen atoms in total. The highest BCUT2D eigenvalue weighted by Gasteiger charge is 2.21. The molecule has 0 radical (unpaired) electrons. The van der Waals surface area contributed by atoms with Crippen LogP contribution in [-0.2, 0) is 4.79 Å². The molecule has 0 aliphatic carbocycles. The summed E-state index contributed by atoms with van der Waals surface area (Å²) in [6.07, 6.45) is 3.76. The van der Waals surface area contributed by atoms with Crippen LogP contribution in [0.4, 0.5) is 0 Å². The third-order valence-electron chi connectivity index (χ3n) is 2.57. The molecule has 1 aromatic heterocycles. The van der Waals surface area contributed by atoms with Gasteiger partial charge in [-0.2, -0.15) is 5.26 Å². The normalized spacial score (nSPS) is 16.2. The molecule has 16 heavy (non-hydrogen) atoms. The minimum Gasteiger partial charge on any atom is -0.338 e. The zero-order valence-electron chi connectivity index (χ0n) is 8.85. The Morgan fingerprint density at radius 1 is 1.50 bits per heavy atom. The number of hydrogen-bond acceptors (Lipinski definition) is 3. The Morgan fingerprint density at radius 3 is 2.81 bits per heavy atom. The van der Waals surface area contributed by atoms with E-state index in [1.165, 1.54) is 11.3 Å². The fourth-order valence-corrected chi connectivity index (χ4v) is 2.41. The van der Waals surface area contributed by atoms with Crippen LogP contribution < -0.4 is 0 Å². The maximum atomic E-state index is 11.9. The molecule has 0 atom stereocenters. The summed E-state index contributed by atoms with van der Waals surface area (Å²) in [7, 11) is 0. The van der Waals surface area contributed by atoms with Crippen LogP contribution in [0.2, 0.25) is 0 Å². The van der Waals surface area contributed by atoms with Crippen LogP contribution in [0.1, 0.15) is 17.7 Å². The van der Waals surface area contributed by atoms with Crippen LogP contribution in [0.25, 0.3) is 6.08 Å². The van der Waals surface area contributed by atoms with Crippen LogP contribution in [-0.4, -0.2) is 23.9 Å². The highest BCUT2D eigenvalue weighted by molar-refractivity contribution is 7.10. The Balaban J connectivity index is 2.16. The lowest BCUT2D eigenvalue weighted by Crippen LogP contribution is -2.28. The van der Waals surface area contributed by atoms with Gasteiger partial charge in [-0.05, 0) is 30.4 Å². The van der Waals surface area contributed by atoms with Crippen molar-refractivity contribution in [1.29, 1.82) is 5.26 Å². The van der Waals surface area contributed by atoms with Gasteiger partial charge in [-0.25, -0.2) is 0 Å². The summed E-state index contributed by atoms with van der Waals surface area (Å²) in [4.78, 5) is 14.6. The van der Waals surface area contributed by atoms with Gasteiger partial charge in [-0.15, -0.1) is 11.3 Å². The molecule has 1 aliphatic rings. The number of hydrogen-bond donors (Lipinski definition) is 0. The van der Waals surface area contributed by atoms with E-state index in [-0.39, 0.29) is 11.5 Å². The average molecular weight is 232 g/mol. The summed E-state index contributed by atoms with van der Waals surface area (Å²) in [5.41, 5.74) is 0.240. The summed E-state index contributed by atoms with van der Waals surface area (Å²) in [6.45, 7) is 1.56. The lowest BCUT2D eigenvalue weighted by molar-refractivity contribution is -0.125. The van der Waals surface area contributed by atoms with Crippen molar-refractivity contribution >= 4 is 23.3 Å². The van der Waals surface area contributed by atoms with E-state index in [1.54, 1.807) is 11.0 Å². The quantitative estimate of drug-likeness (QED) is 0.580. The third-order valence-corrected chi connectivity index (χ3v) is 3.39. The van der Waals surface area contributed by atoms with E-state index >= 15 is 0 Å². The summed E-state index contributed by atoms with van der Waals surface area (Å²) < 4.78 is 0. The molecule has 1 amide bonds. The van der Waals surface area contributed by atoms with Gasteiger partial charge in [-0.1, -0.05) is 6.07 Å². The molecule has 4 heteroatoms.